The quantitative estimate of drug-likeness (QED) is 0.869. The fraction of sp³-hybridized carbons (Fsp3) is 0.706. The van der Waals surface area contributed by atoms with Gasteiger partial charge in [-0.05, 0) is 58.8 Å². The highest BCUT2D eigenvalue weighted by Gasteiger charge is 2.37. The third-order valence-corrected chi connectivity index (χ3v) is 4.59. The standard InChI is InChI=1S/C17H28FN3/c1-4-9-20-16(14-8-10-19-13-15(14)18)17(2,3)21-11-6-5-7-12-21/h8,10,13,16,20H,4-7,9,11-12H2,1-3H3. The first-order valence-corrected chi connectivity index (χ1v) is 8.15. The van der Waals surface area contributed by atoms with Crippen molar-refractivity contribution < 1.29 is 4.39 Å². The molecular weight excluding hydrogens is 265 g/mol. The van der Waals surface area contributed by atoms with Crippen LogP contribution in [-0.2, 0) is 0 Å². The van der Waals surface area contributed by atoms with E-state index in [1.54, 1.807) is 6.20 Å². The van der Waals surface area contributed by atoms with Gasteiger partial charge in [0.1, 0.15) is 5.82 Å². The molecule has 0 aromatic carbocycles. The lowest BCUT2D eigenvalue weighted by atomic mass is 9.85. The Bertz CT molecular complexity index is 441. The van der Waals surface area contributed by atoms with E-state index in [2.05, 4.69) is 36.0 Å². The lowest BCUT2D eigenvalue weighted by molar-refractivity contribution is 0.0596. The number of hydrogen-bond donors (Lipinski definition) is 1. The number of nitrogens with zero attached hydrogens (tertiary/aromatic N) is 2. The molecule has 2 heterocycles. The molecule has 1 aromatic rings. The number of likely N-dealkylation sites (tertiary alicyclic amines) is 1. The van der Waals surface area contributed by atoms with E-state index < -0.39 is 0 Å². The van der Waals surface area contributed by atoms with Crippen molar-refractivity contribution in [3.63, 3.8) is 0 Å². The molecule has 0 bridgehead atoms. The highest BCUT2D eigenvalue weighted by atomic mass is 19.1. The number of aromatic nitrogens is 1. The minimum atomic E-state index is -0.212. The summed E-state index contributed by atoms with van der Waals surface area (Å²) in [5, 5.41) is 3.55. The van der Waals surface area contributed by atoms with E-state index >= 15 is 0 Å². The Hall–Kier alpha value is -1.00. The molecule has 1 saturated heterocycles. The summed E-state index contributed by atoms with van der Waals surface area (Å²) < 4.78 is 14.2. The minimum absolute atomic E-state index is 0.0152. The third kappa shape index (κ3) is 3.80. The zero-order valence-electron chi connectivity index (χ0n) is 13.5. The molecule has 0 radical (unpaired) electrons. The van der Waals surface area contributed by atoms with E-state index in [0.29, 0.717) is 0 Å². The Labute approximate surface area is 127 Å². The minimum Gasteiger partial charge on any atom is -0.308 e. The molecule has 1 aliphatic heterocycles. The van der Waals surface area contributed by atoms with Crippen LogP contribution in [0, 0.1) is 5.82 Å². The van der Waals surface area contributed by atoms with Crippen LogP contribution in [-0.4, -0.2) is 35.1 Å². The molecule has 1 atom stereocenters. The summed E-state index contributed by atoms with van der Waals surface area (Å²) in [5.41, 5.74) is 0.617. The van der Waals surface area contributed by atoms with Crippen LogP contribution in [0.4, 0.5) is 4.39 Å². The molecule has 0 amide bonds. The van der Waals surface area contributed by atoms with Crippen LogP contribution in [0.5, 0.6) is 0 Å². The van der Waals surface area contributed by atoms with Crippen molar-refractivity contribution in [2.75, 3.05) is 19.6 Å². The molecule has 3 nitrogen and oxygen atoms in total. The van der Waals surface area contributed by atoms with E-state index in [0.717, 1.165) is 31.6 Å². The maximum absolute atomic E-state index is 14.2. The molecule has 1 aromatic heterocycles. The molecule has 1 aliphatic rings. The van der Waals surface area contributed by atoms with Crippen LogP contribution in [0.2, 0.25) is 0 Å². The lowest BCUT2D eigenvalue weighted by Crippen LogP contribution is -2.54. The van der Waals surface area contributed by atoms with Gasteiger partial charge in [-0.1, -0.05) is 13.3 Å². The van der Waals surface area contributed by atoms with Crippen molar-refractivity contribution in [2.24, 2.45) is 0 Å². The first kappa shape index (κ1) is 16.4. The van der Waals surface area contributed by atoms with Crippen LogP contribution in [0.15, 0.2) is 18.5 Å². The normalized spacial score (nSPS) is 18.7. The predicted octanol–water partition coefficient (Wildman–Crippen LogP) is 3.53. The molecule has 1 fully saturated rings. The second kappa shape index (κ2) is 7.32. The van der Waals surface area contributed by atoms with Gasteiger partial charge in [-0.3, -0.25) is 9.88 Å². The lowest BCUT2D eigenvalue weighted by Gasteiger charge is -2.46. The molecular formula is C17H28FN3. The maximum atomic E-state index is 14.2. The second-order valence-electron chi connectivity index (χ2n) is 6.49. The summed E-state index contributed by atoms with van der Waals surface area (Å²) >= 11 is 0. The van der Waals surface area contributed by atoms with Gasteiger partial charge in [0.2, 0.25) is 0 Å². The van der Waals surface area contributed by atoms with Crippen molar-refractivity contribution in [1.29, 1.82) is 0 Å². The SMILES string of the molecule is CCCNC(c1ccncc1F)C(C)(C)N1CCCCC1. The Kier molecular flexibility index (Phi) is 5.71. The highest BCUT2D eigenvalue weighted by molar-refractivity contribution is 5.22. The van der Waals surface area contributed by atoms with Crippen molar-refractivity contribution in [1.82, 2.24) is 15.2 Å². The van der Waals surface area contributed by atoms with Crippen LogP contribution >= 0.6 is 0 Å². The summed E-state index contributed by atoms with van der Waals surface area (Å²) in [7, 11) is 0. The first-order chi connectivity index (χ1) is 10.1. The van der Waals surface area contributed by atoms with Crippen LogP contribution in [0.25, 0.3) is 0 Å². The van der Waals surface area contributed by atoms with Gasteiger partial charge in [-0.2, -0.15) is 0 Å². The van der Waals surface area contributed by atoms with Gasteiger partial charge in [-0.25, -0.2) is 4.39 Å². The number of hydrogen-bond acceptors (Lipinski definition) is 3. The summed E-state index contributed by atoms with van der Waals surface area (Å²) in [5.74, 6) is -0.212. The Balaban J connectivity index is 2.27. The van der Waals surface area contributed by atoms with Crippen LogP contribution in [0.3, 0.4) is 0 Å². The second-order valence-corrected chi connectivity index (χ2v) is 6.49. The summed E-state index contributed by atoms with van der Waals surface area (Å²) in [6, 6.07) is 1.80. The molecule has 118 valence electrons. The molecule has 4 heteroatoms. The molecule has 1 unspecified atom stereocenters. The first-order valence-electron chi connectivity index (χ1n) is 8.15. The predicted molar refractivity (Wildman–Crippen MR) is 84.7 cm³/mol. The molecule has 2 rings (SSSR count). The maximum Gasteiger partial charge on any atom is 0.146 e. The van der Waals surface area contributed by atoms with E-state index in [9.17, 15) is 4.39 Å². The van der Waals surface area contributed by atoms with Crippen molar-refractivity contribution in [3.8, 4) is 0 Å². The number of piperidine rings is 1. The van der Waals surface area contributed by atoms with E-state index in [1.165, 1.54) is 25.5 Å². The topological polar surface area (TPSA) is 28.2 Å². The smallest absolute Gasteiger partial charge is 0.146 e. The van der Waals surface area contributed by atoms with Crippen LogP contribution < -0.4 is 5.32 Å². The van der Waals surface area contributed by atoms with Crippen molar-refractivity contribution in [2.45, 2.75) is 58.0 Å². The van der Waals surface area contributed by atoms with E-state index in [-0.39, 0.29) is 17.4 Å². The Morgan fingerprint density at radius 2 is 2.05 bits per heavy atom. The zero-order chi connectivity index (χ0) is 15.3. The van der Waals surface area contributed by atoms with E-state index in [4.69, 9.17) is 0 Å². The number of halogens is 1. The fourth-order valence-electron chi connectivity index (χ4n) is 3.30. The molecule has 0 spiro atoms. The summed E-state index contributed by atoms with van der Waals surface area (Å²) in [6.45, 7) is 9.69. The average molecular weight is 293 g/mol. The summed E-state index contributed by atoms with van der Waals surface area (Å²) in [6.07, 6.45) is 7.83. The van der Waals surface area contributed by atoms with Gasteiger partial charge >= 0.3 is 0 Å². The van der Waals surface area contributed by atoms with Crippen molar-refractivity contribution >= 4 is 0 Å². The van der Waals surface area contributed by atoms with E-state index in [1.807, 2.05) is 6.07 Å². The number of rotatable bonds is 6. The zero-order valence-corrected chi connectivity index (χ0v) is 13.5. The fourth-order valence-corrected chi connectivity index (χ4v) is 3.30. The van der Waals surface area contributed by atoms with Gasteiger partial charge in [0.15, 0.2) is 0 Å². The Morgan fingerprint density at radius 1 is 1.33 bits per heavy atom. The van der Waals surface area contributed by atoms with Gasteiger partial charge < -0.3 is 5.32 Å². The van der Waals surface area contributed by atoms with Gasteiger partial charge in [-0.15, -0.1) is 0 Å². The van der Waals surface area contributed by atoms with Crippen molar-refractivity contribution in [3.05, 3.63) is 29.8 Å². The highest BCUT2D eigenvalue weighted by Crippen LogP contribution is 2.34. The van der Waals surface area contributed by atoms with Crippen LogP contribution in [0.1, 0.15) is 58.1 Å². The largest absolute Gasteiger partial charge is 0.308 e. The molecule has 1 N–H and O–H groups in total. The van der Waals surface area contributed by atoms with Gasteiger partial charge in [0.05, 0.1) is 12.2 Å². The Morgan fingerprint density at radius 3 is 2.67 bits per heavy atom. The van der Waals surface area contributed by atoms with Gasteiger partial charge in [0.25, 0.3) is 0 Å². The monoisotopic (exact) mass is 293 g/mol. The number of pyridine rings is 1. The molecule has 21 heavy (non-hydrogen) atoms. The van der Waals surface area contributed by atoms with Gasteiger partial charge in [0, 0.05) is 17.3 Å². The number of nitrogens with one attached hydrogen (secondary N) is 1. The summed E-state index contributed by atoms with van der Waals surface area (Å²) in [4.78, 5) is 6.39. The molecule has 0 saturated carbocycles. The molecule has 0 aliphatic carbocycles. The third-order valence-electron chi connectivity index (χ3n) is 4.59. The average Bonchev–Trinajstić information content (AvgIpc) is 2.50.